The Morgan fingerprint density at radius 3 is 2.70 bits per heavy atom. The van der Waals surface area contributed by atoms with Gasteiger partial charge in [0.1, 0.15) is 5.82 Å². The Morgan fingerprint density at radius 1 is 1.20 bits per heavy atom. The lowest BCUT2D eigenvalue weighted by atomic mass is 10.2. The van der Waals surface area contributed by atoms with Gasteiger partial charge >= 0.3 is 0 Å². The van der Waals surface area contributed by atoms with Gasteiger partial charge < -0.3 is 5.32 Å². The summed E-state index contributed by atoms with van der Waals surface area (Å²) in [4.78, 5) is 0.658. The molecular formula is C16H17ClFNS. The van der Waals surface area contributed by atoms with Gasteiger partial charge in [0, 0.05) is 22.2 Å². The molecule has 0 saturated carbocycles. The SMILES string of the molecule is CCNCc1ccc(SCc2ccccc2Cl)c(F)c1. The highest BCUT2D eigenvalue weighted by molar-refractivity contribution is 7.98. The Morgan fingerprint density at radius 2 is 2.00 bits per heavy atom. The molecule has 0 aliphatic rings. The molecule has 0 heterocycles. The summed E-state index contributed by atoms with van der Waals surface area (Å²) in [5.41, 5.74) is 1.99. The number of hydrogen-bond donors (Lipinski definition) is 1. The van der Waals surface area contributed by atoms with Crippen molar-refractivity contribution in [3.63, 3.8) is 0 Å². The zero-order valence-corrected chi connectivity index (χ0v) is 12.9. The highest BCUT2D eigenvalue weighted by Crippen LogP contribution is 2.28. The maximum absolute atomic E-state index is 14.0. The second-order valence-corrected chi connectivity index (χ2v) is 5.85. The van der Waals surface area contributed by atoms with Crippen LogP contribution in [0.15, 0.2) is 47.4 Å². The van der Waals surface area contributed by atoms with Crippen LogP contribution >= 0.6 is 23.4 Å². The minimum Gasteiger partial charge on any atom is -0.313 e. The van der Waals surface area contributed by atoms with Crippen molar-refractivity contribution in [3.8, 4) is 0 Å². The van der Waals surface area contributed by atoms with Crippen LogP contribution in [-0.4, -0.2) is 6.54 Å². The summed E-state index contributed by atoms with van der Waals surface area (Å²) in [6.07, 6.45) is 0. The molecule has 2 aromatic carbocycles. The normalized spacial score (nSPS) is 10.8. The van der Waals surface area contributed by atoms with Crippen LogP contribution in [0.5, 0.6) is 0 Å². The van der Waals surface area contributed by atoms with Crippen LogP contribution in [0.4, 0.5) is 4.39 Å². The van der Waals surface area contributed by atoms with E-state index in [0.29, 0.717) is 17.2 Å². The van der Waals surface area contributed by atoms with Gasteiger partial charge in [0.2, 0.25) is 0 Å². The van der Waals surface area contributed by atoms with Gasteiger partial charge in [0.15, 0.2) is 0 Å². The van der Waals surface area contributed by atoms with Gasteiger partial charge in [0.25, 0.3) is 0 Å². The van der Waals surface area contributed by atoms with Gasteiger partial charge in [-0.05, 0) is 35.9 Å². The fraction of sp³-hybridized carbons (Fsp3) is 0.250. The van der Waals surface area contributed by atoms with Crippen molar-refractivity contribution in [2.45, 2.75) is 24.1 Å². The Hall–Kier alpha value is -1.03. The van der Waals surface area contributed by atoms with Crippen LogP contribution in [0.2, 0.25) is 5.02 Å². The fourth-order valence-corrected chi connectivity index (χ4v) is 3.02. The van der Waals surface area contributed by atoms with Gasteiger partial charge in [-0.3, -0.25) is 0 Å². The summed E-state index contributed by atoms with van der Waals surface area (Å²) >= 11 is 7.56. The molecule has 2 rings (SSSR count). The quantitative estimate of drug-likeness (QED) is 0.763. The summed E-state index contributed by atoms with van der Waals surface area (Å²) < 4.78 is 14.0. The summed E-state index contributed by atoms with van der Waals surface area (Å²) in [6.45, 7) is 3.61. The van der Waals surface area contributed by atoms with Gasteiger partial charge in [-0.15, -0.1) is 11.8 Å². The highest BCUT2D eigenvalue weighted by atomic mass is 35.5. The van der Waals surface area contributed by atoms with Gasteiger partial charge in [-0.2, -0.15) is 0 Å². The second-order valence-electron chi connectivity index (χ2n) is 4.43. The topological polar surface area (TPSA) is 12.0 Å². The monoisotopic (exact) mass is 309 g/mol. The minimum atomic E-state index is -0.169. The van der Waals surface area contributed by atoms with E-state index in [1.165, 1.54) is 11.8 Å². The largest absolute Gasteiger partial charge is 0.313 e. The average molecular weight is 310 g/mol. The molecule has 0 aromatic heterocycles. The van der Waals surface area contributed by atoms with E-state index in [9.17, 15) is 4.39 Å². The van der Waals surface area contributed by atoms with Crippen molar-refractivity contribution in [2.75, 3.05) is 6.54 Å². The van der Waals surface area contributed by atoms with E-state index in [-0.39, 0.29) is 5.82 Å². The van der Waals surface area contributed by atoms with Crippen molar-refractivity contribution < 1.29 is 4.39 Å². The van der Waals surface area contributed by atoms with Crippen LogP contribution in [0.1, 0.15) is 18.1 Å². The van der Waals surface area contributed by atoms with E-state index in [1.54, 1.807) is 6.07 Å². The first-order valence-corrected chi connectivity index (χ1v) is 7.92. The first kappa shape index (κ1) is 15.4. The molecule has 0 bridgehead atoms. The number of halogens is 2. The highest BCUT2D eigenvalue weighted by Gasteiger charge is 2.06. The lowest BCUT2D eigenvalue weighted by Crippen LogP contribution is -2.11. The third-order valence-corrected chi connectivity index (χ3v) is 4.38. The average Bonchev–Trinajstić information content (AvgIpc) is 2.45. The van der Waals surface area contributed by atoms with Crippen LogP contribution in [-0.2, 0) is 12.3 Å². The van der Waals surface area contributed by atoms with Crippen LogP contribution in [0.3, 0.4) is 0 Å². The first-order valence-electron chi connectivity index (χ1n) is 6.56. The summed E-state index contributed by atoms with van der Waals surface area (Å²) in [5.74, 6) is 0.501. The zero-order valence-electron chi connectivity index (χ0n) is 11.3. The Balaban J connectivity index is 2.01. The van der Waals surface area contributed by atoms with E-state index in [4.69, 9.17) is 11.6 Å². The van der Waals surface area contributed by atoms with Crippen molar-refractivity contribution in [1.82, 2.24) is 5.32 Å². The summed E-state index contributed by atoms with van der Waals surface area (Å²) in [6, 6.07) is 13.0. The molecular weight excluding hydrogens is 293 g/mol. The molecule has 106 valence electrons. The molecule has 4 heteroatoms. The van der Waals surface area contributed by atoms with Gasteiger partial charge in [0.05, 0.1) is 0 Å². The minimum absolute atomic E-state index is 0.169. The molecule has 0 radical (unpaired) electrons. The molecule has 0 atom stereocenters. The van der Waals surface area contributed by atoms with Crippen molar-refractivity contribution in [2.24, 2.45) is 0 Å². The van der Waals surface area contributed by atoms with Crippen molar-refractivity contribution in [1.29, 1.82) is 0 Å². The molecule has 0 aliphatic heterocycles. The fourth-order valence-electron chi connectivity index (χ4n) is 1.81. The molecule has 1 N–H and O–H groups in total. The van der Waals surface area contributed by atoms with Crippen LogP contribution < -0.4 is 5.32 Å². The first-order chi connectivity index (χ1) is 9.70. The molecule has 0 saturated heterocycles. The van der Waals surface area contributed by atoms with Crippen LogP contribution in [0, 0.1) is 5.82 Å². The van der Waals surface area contributed by atoms with E-state index in [2.05, 4.69) is 5.32 Å². The molecule has 0 aliphatic carbocycles. The van der Waals surface area contributed by atoms with E-state index in [1.807, 2.05) is 43.3 Å². The molecule has 0 fully saturated rings. The van der Waals surface area contributed by atoms with Gasteiger partial charge in [-0.1, -0.05) is 42.8 Å². The standard InChI is InChI=1S/C16H17ClFNS/c1-2-19-10-12-7-8-16(15(18)9-12)20-11-13-5-3-4-6-14(13)17/h3-9,19H,2,10-11H2,1H3. The third kappa shape index (κ3) is 4.23. The Bertz CT molecular complexity index is 574. The van der Waals surface area contributed by atoms with E-state index < -0.39 is 0 Å². The Kier molecular flexibility index (Phi) is 5.89. The molecule has 0 unspecified atom stereocenters. The molecule has 0 amide bonds. The van der Waals surface area contributed by atoms with Crippen LogP contribution in [0.25, 0.3) is 0 Å². The molecule has 1 nitrogen and oxygen atoms in total. The summed E-state index contributed by atoms with van der Waals surface area (Å²) in [5, 5.41) is 3.91. The maximum Gasteiger partial charge on any atom is 0.137 e. The molecule has 0 spiro atoms. The number of benzene rings is 2. The molecule has 20 heavy (non-hydrogen) atoms. The van der Waals surface area contributed by atoms with Crippen molar-refractivity contribution >= 4 is 23.4 Å². The van der Waals surface area contributed by atoms with Crippen molar-refractivity contribution in [3.05, 3.63) is 64.4 Å². The van der Waals surface area contributed by atoms with E-state index >= 15 is 0 Å². The number of rotatable bonds is 6. The molecule has 2 aromatic rings. The lowest BCUT2D eigenvalue weighted by molar-refractivity contribution is 0.596. The lowest BCUT2D eigenvalue weighted by Gasteiger charge is -2.07. The number of hydrogen-bond acceptors (Lipinski definition) is 2. The van der Waals surface area contributed by atoms with Gasteiger partial charge in [-0.25, -0.2) is 4.39 Å². The summed E-state index contributed by atoms with van der Waals surface area (Å²) in [7, 11) is 0. The second kappa shape index (κ2) is 7.67. The number of nitrogens with one attached hydrogen (secondary N) is 1. The maximum atomic E-state index is 14.0. The smallest absolute Gasteiger partial charge is 0.137 e. The third-order valence-electron chi connectivity index (χ3n) is 2.92. The zero-order chi connectivity index (χ0) is 14.4. The predicted octanol–water partition coefficient (Wildman–Crippen LogP) is 4.88. The number of thioether (sulfide) groups is 1. The van der Waals surface area contributed by atoms with E-state index in [0.717, 1.165) is 22.7 Å². The Labute approximate surface area is 128 Å². The predicted molar refractivity (Wildman–Crippen MR) is 84.8 cm³/mol.